The van der Waals surface area contributed by atoms with Gasteiger partial charge in [-0.15, -0.1) is 0 Å². The number of aliphatic hydroxyl groups excluding tert-OH is 1. The Hall–Kier alpha value is -1.79. The number of esters is 1. The molecule has 28 heavy (non-hydrogen) atoms. The van der Waals surface area contributed by atoms with Crippen LogP contribution < -0.4 is 9.16 Å². The number of cyclic esters (lactones) is 1. The fourth-order valence-corrected chi connectivity index (χ4v) is 4.18. The van der Waals surface area contributed by atoms with Crippen LogP contribution >= 0.6 is 0 Å². The molecule has 0 amide bonds. The summed E-state index contributed by atoms with van der Waals surface area (Å²) in [4.78, 5) is 12.7. The van der Waals surface area contributed by atoms with E-state index in [9.17, 15) is 9.90 Å². The van der Waals surface area contributed by atoms with E-state index in [1.54, 1.807) is 14.0 Å². The fraction of sp³-hybridized carbons (Fsp3) is 0.591. The van der Waals surface area contributed by atoms with Crippen LogP contribution in [0.25, 0.3) is 0 Å². The summed E-state index contributed by atoms with van der Waals surface area (Å²) >= 11 is 0. The van der Waals surface area contributed by atoms with Crippen LogP contribution in [0.5, 0.6) is 11.5 Å². The van der Waals surface area contributed by atoms with Crippen molar-refractivity contribution in [2.75, 3.05) is 7.11 Å². The van der Waals surface area contributed by atoms with E-state index in [0.29, 0.717) is 29.1 Å². The summed E-state index contributed by atoms with van der Waals surface area (Å²) in [7, 11) is -0.642. The second-order valence-electron chi connectivity index (χ2n) is 9.03. The highest BCUT2D eigenvalue weighted by atomic mass is 28.4. The van der Waals surface area contributed by atoms with Gasteiger partial charge in [0.15, 0.2) is 0 Å². The summed E-state index contributed by atoms with van der Waals surface area (Å²) in [6.45, 7) is 18.6. The van der Waals surface area contributed by atoms with Gasteiger partial charge in [-0.3, -0.25) is 0 Å². The molecule has 0 bridgehead atoms. The zero-order valence-electron chi connectivity index (χ0n) is 18.5. The van der Waals surface area contributed by atoms with Crippen molar-refractivity contribution in [1.29, 1.82) is 0 Å². The Labute approximate surface area is 169 Å². The van der Waals surface area contributed by atoms with E-state index in [2.05, 4.69) is 40.4 Å². The molecule has 156 valence electrons. The zero-order valence-corrected chi connectivity index (χ0v) is 19.5. The van der Waals surface area contributed by atoms with Gasteiger partial charge in [0, 0.05) is 23.1 Å². The van der Waals surface area contributed by atoms with Gasteiger partial charge in [0.1, 0.15) is 23.7 Å². The maximum absolute atomic E-state index is 12.7. The third-order valence-corrected chi connectivity index (χ3v) is 10.3. The predicted octanol–water partition coefficient (Wildman–Crippen LogP) is 4.79. The average Bonchev–Trinajstić information content (AvgIpc) is 2.96. The van der Waals surface area contributed by atoms with Crippen LogP contribution in [0.1, 0.15) is 61.7 Å². The molecule has 1 aromatic carbocycles. The number of fused-ring (bicyclic) bond motifs is 1. The largest absolute Gasteiger partial charge is 0.543 e. The van der Waals surface area contributed by atoms with E-state index in [1.165, 1.54) is 0 Å². The summed E-state index contributed by atoms with van der Waals surface area (Å²) in [6, 6.07) is 0. The zero-order chi connectivity index (χ0) is 21.4. The first-order chi connectivity index (χ1) is 12.9. The van der Waals surface area contributed by atoms with E-state index >= 15 is 0 Å². The molecule has 0 fully saturated rings. The molecule has 0 aliphatic carbocycles. The first kappa shape index (κ1) is 22.5. The highest BCUT2D eigenvalue weighted by Crippen LogP contribution is 2.47. The minimum Gasteiger partial charge on any atom is -0.543 e. The fourth-order valence-electron chi connectivity index (χ4n) is 3.14. The van der Waals surface area contributed by atoms with E-state index in [1.807, 2.05) is 6.92 Å². The molecular weight excluding hydrogens is 372 g/mol. The van der Waals surface area contributed by atoms with Gasteiger partial charge >= 0.3 is 5.97 Å². The summed E-state index contributed by atoms with van der Waals surface area (Å²) in [5.74, 6) is 0.819. The van der Waals surface area contributed by atoms with Crippen molar-refractivity contribution in [3.05, 3.63) is 34.4 Å². The predicted molar refractivity (Wildman–Crippen MR) is 114 cm³/mol. The first-order valence-corrected chi connectivity index (χ1v) is 12.7. The smallest absolute Gasteiger partial charge is 0.342 e. The Morgan fingerprint density at radius 1 is 1.29 bits per heavy atom. The Kier molecular flexibility index (Phi) is 6.36. The first-order valence-electron chi connectivity index (χ1n) is 9.79. The Morgan fingerprint density at radius 3 is 2.36 bits per heavy atom. The standard InChI is InChI=1S/C22H34O5Si/c1-10-14-16-12-26-21(24)18(16)20(27-28(8,9)22(4,5)6)15(19(14)25-7)11-17(23)13(2)3/h17,23H,2,10-12H2,1,3-9H3. The lowest BCUT2D eigenvalue weighted by molar-refractivity contribution is 0.0533. The molecule has 0 radical (unpaired) electrons. The van der Waals surface area contributed by atoms with Gasteiger partial charge in [0.05, 0.1) is 13.2 Å². The normalized spacial score (nSPS) is 15.1. The van der Waals surface area contributed by atoms with Gasteiger partial charge in [0.25, 0.3) is 8.32 Å². The third-order valence-electron chi connectivity index (χ3n) is 5.95. The van der Waals surface area contributed by atoms with Crippen LogP contribution in [0.3, 0.4) is 0 Å². The van der Waals surface area contributed by atoms with E-state index in [-0.39, 0.29) is 24.0 Å². The van der Waals surface area contributed by atoms with Crippen LogP contribution in [0.4, 0.5) is 0 Å². The Bertz CT molecular complexity index is 789. The van der Waals surface area contributed by atoms with Gasteiger partial charge in [-0.1, -0.05) is 39.8 Å². The molecule has 1 aliphatic heterocycles. The number of carbonyl (C=O) groups is 1. The van der Waals surface area contributed by atoms with E-state index in [4.69, 9.17) is 13.9 Å². The molecule has 1 N–H and O–H groups in total. The van der Waals surface area contributed by atoms with Crippen LogP contribution in [-0.4, -0.2) is 32.6 Å². The van der Waals surface area contributed by atoms with Crippen molar-refractivity contribution in [1.82, 2.24) is 0 Å². The molecule has 1 heterocycles. The molecule has 1 aliphatic rings. The van der Waals surface area contributed by atoms with Crippen molar-refractivity contribution in [2.24, 2.45) is 0 Å². The SMILES string of the molecule is C=C(C)C(O)Cc1c(OC)c(CC)c2c(c1O[Si](C)(C)C(C)(C)C)C(=O)OC2. The van der Waals surface area contributed by atoms with Crippen LogP contribution in [0, 0.1) is 0 Å². The molecule has 0 aromatic heterocycles. The van der Waals surface area contributed by atoms with Gasteiger partial charge in [-0.05, 0) is 31.5 Å². The molecule has 5 nitrogen and oxygen atoms in total. The summed E-state index contributed by atoms with van der Waals surface area (Å²) in [5.41, 5.74) is 3.64. The molecule has 1 atom stereocenters. The maximum Gasteiger partial charge on any atom is 0.342 e. The van der Waals surface area contributed by atoms with Crippen LogP contribution in [0.2, 0.25) is 18.1 Å². The highest BCUT2D eigenvalue weighted by Gasteiger charge is 2.43. The molecular formula is C22H34O5Si. The minimum absolute atomic E-state index is 0.0523. The molecule has 1 aromatic rings. The quantitative estimate of drug-likeness (QED) is 0.401. The summed E-state index contributed by atoms with van der Waals surface area (Å²) in [6.07, 6.45) is 0.213. The Morgan fingerprint density at radius 2 is 1.89 bits per heavy atom. The van der Waals surface area contributed by atoms with E-state index < -0.39 is 14.4 Å². The summed E-state index contributed by atoms with van der Waals surface area (Å²) < 4.78 is 17.8. The lowest BCUT2D eigenvalue weighted by atomic mass is 9.91. The topological polar surface area (TPSA) is 65.0 Å². The number of methoxy groups -OCH3 is 1. The third kappa shape index (κ3) is 3.98. The van der Waals surface area contributed by atoms with Crippen LogP contribution in [0.15, 0.2) is 12.2 Å². The van der Waals surface area contributed by atoms with E-state index in [0.717, 1.165) is 16.7 Å². The highest BCUT2D eigenvalue weighted by molar-refractivity contribution is 6.74. The van der Waals surface area contributed by atoms with Crippen molar-refractivity contribution in [2.45, 2.75) is 78.3 Å². The number of rotatable bonds is 7. The molecule has 2 rings (SSSR count). The van der Waals surface area contributed by atoms with Gasteiger partial charge < -0.3 is 19.0 Å². The number of aliphatic hydroxyl groups is 1. The number of benzene rings is 1. The monoisotopic (exact) mass is 406 g/mol. The Balaban J connectivity index is 2.81. The summed E-state index contributed by atoms with van der Waals surface area (Å²) in [5, 5.41) is 10.5. The average molecular weight is 407 g/mol. The molecule has 0 saturated carbocycles. The van der Waals surface area contributed by atoms with Crippen molar-refractivity contribution >= 4 is 14.3 Å². The number of carbonyl (C=O) groups excluding carboxylic acids is 1. The van der Waals surface area contributed by atoms with Gasteiger partial charge in [-0.2, -0.15) is 0 Å². The number of hydrogen-bond acceptors (Lipinski definition) is 5. The van der Waals surface area contributed by atoms with Crippen molar-refractivity contribution in [3.8, 4) is 11.5 Å². The van der Waals surface area contributed by atoms with Crippen LogP contribution in [-0.2, 0) is 24.2 Å². The van der Waals surface area contributed by atoms with Crippen molar-refractivity contribution < 1.29 is 23.8 Å². The van der Waals surface area contributed by atoms with Crippen molar-refractivity contribution in [3.63, 3.8) is 0 Å². The van der Waals surface area contributed by atoms with Gasteiger partial charge in [-0.25, -0.2) is 4.79 Å². The molecule has 6 heteroatoms. The minimum atomic E-state index is -2.26. The lowest BCUT2D eigenvalue weighted by Gasteiger charge is -2.38. The number of hydrogen-bond donors (Lipinski definition) is 1. The molecule has 1 unspecified atom stereocenters. The lowest BCUT2D eigenvalue weighted by Crippen LogP contribution is -2.44. The maximum atomic E-state index is 12.7. The molecule has 0 saturated heterocycles. The second kappa shape index (κ2) is 7.91. The van der Waals surface area contributed by atoms with Gasteiger partial charge in [0.2, 0.25) is 0 Å². The molecule has 0 spiro atoms. The second-order valence-corrected chi connectivity index (χ2v) is 13.8. The number of ether oxygens (including phenoxy) is 2.